The number of hydrogen-bond acceptors (Lipinski definition) is 18. The number of aliphatic hydroxyl groups excluding tert-OH is 2. The van der Waals surface area contributed by atoms with E-state index in [-0.39, 0.29) is 108 Å². The summed E-state index contributed by atoms with van der Waals surface area (Å²) in [6, 6.07) is 12.8. The molecule has 6 aromatic rings. The van der Waals surface area contributed by atoms with Crippen molar-refractivity contribution in [3.8, 4) is 52.3 Å². The second-order valence-electron chi connectivity index (χ2n) is 16.3. The minimum Gasteiger partial charge on any atom is -0.495 e. The molecule has 0 unspecified atom stereocenters. The minimum atomic E-state index is -4.19. The van der Waals surface area contributed by atoms with Crippen LogP contribution in [0.5, 0.6) is 34.5 Å². The maximum Gasteiger partial charge on any atom is 0.349 e. The Bertz CT molecular complexity index is 3850. The summed E-state index contributed by atoms with van der Waals surface area (Å²) in [5.41, 5.74) is -7.08. The monoisotopic (exact) mass is 1300 g/mol. The largest absolute Gasteiger partial charge is 0.495 e. The van der Waals surface area contributed by atoms with Crippen molar-refractivity contribution in [3.05, 3.63) is 137 Å². The lowest BCUT2D eigenvalue weighted by molar-refractivity contribution is 0.0707. The molecule has 0 amide bonds. The van der Waals surface area contributed by atoms with Crippen molar-refractivity contribution in [2.45, 2.75) is 72.6 Å². The van der Waals surface area contributed by atoms with E-state index in [1.807, 2.05) is 12.1 Å². The minimum absolute atomic E-state index is 0. The van der Waals surface area contributed by atoms with E-state index in [0.29, 0.717) is 22.0 Å². The highest BCUT2D eigenvalue weighted by molar-refractivity contribution is 9.10. The fourth-order valence-electron chi connectivity index (χ4n) is 6.95. The Balaban J connectivity index is 0.000000251. The third-order valence-electron chi connectivity index (χ3n) is 10.8. The van der Waals surface area contributed by atoms with Gasteiger partial charge in [-0.15, -0.1) is 0 Å². The van der Waals surface area contributed by atoms with Crippen molar-refractivity contribution in [2.75, 3.05) is 14.2 Å². The van der Waals surface area contributed by atoms with E-state index in [9.17, 15) is 74.3 Å². The van der Waals surface area contributed by atoms with Gasteiger partial charge in [-0.05, 0) is 49.9 Å². The maximum atomic E-state index is 13.1. The first-order valence-corrected chi connectivity index (χ1v) is 27.0. The molecule has 24 nitrogen and oxygen atoms in total. The first kappa shape index (κ1) is 64.3. The number of methoxy groups -OCH3 is 2. The lowest BCUT2D eigenvalue weighted by atomic mass is 9.91. The van der Waals surface area contributed by atoms with Gasteiger partial charge in [0.05, 0.1) is 63.3 Å². The molecular formula is C44H35BBrCl4F4N10O14S2. The molecule has 2 saturated carbocycles. The van der Waals surface area contributed by atoms with Crippen LogP contribution in [0.25, 0.3) is 5.69 Å². The first-order valence-electron chi connectivity index (χ1n) is 21.7. The van der Waals surface area contributed by atoms with Gasteiger partial charge in [0.15, 0.2) is 22.9 Å². The molecule has 423 valence electrons. The Labute approximate surface area is 477 Å². The quantitative estimate of drug-likeness (QED) is 0.0466. The van der Waals surface area contributed by atoms with Crippen LogP contribution in [0.4, 0.5) is 17.6 Å². The first-order chi connectivity index (χ1) is 37.1. The van der Waals surface area contributed by atoms with Crippen LogP contribution in [0.1, 0.15) is 61.0 Å². The molecule has 3 radical (unpaired) electrons. The molecule has 0 saturated heterocycles. The zero-order valence-electron chi connectivity index (χ0n) is 40.2. The summed E-state index contributed by atoms with van der Waals surface area (Å²) in [6.07, 6.45) is -6.29. The third-order valence-corrected chi connectivity index (χ3v) is 15.5. The molecule has 0 spiro atoms. The highest BCUT2D eigenvalue weighted by Crippen LogP contribution is 2.43. The SMILES string of the molecule is COc1cc(C#N)c(Oc2c(Cl)cc(-n3nc(C(F)F)c(=O)[nH]c3=O)cc2Cl)cc1S(=O)(=O)NC1CC(O)C1.COc1cc(C#N)c(Oc2c(Cl)cc(Br)cc2Cl)cc1S(=O)(=O)NC1CC(O)C1.O=c1[nH]nc(C(F)F)c(=O)[nH]1.[B]. The zero-order valence-corrected chi connectivity index (χ0v) is 46.5. The number of nitrogens with zero attached hydrogens (tertiary/aromatic N) is 5. The molecule has 2 fully saturated rings. The number of nitriles is 2. The number of ether oxygens (including phenoxy) is 4. The predicted octanol–water partition coefficient (Wildman–Crippen LogP) is 5.88. The van der Waals surface area contributed by atoms with Crippen molar-refractivity contribution >= 4 is 90.8 Å². The van der Waals surface area contributed by atoms with Crippen LogP contribution in [0.3, 0.4) is 0 Å². The summed E-state index contributed by atoms with van der Waals surface area (Å²) >= 11 is 28.2. The summed E-state index contributed by atoms with van der Waals surface area (Å²) < 4.78 is 129. The van der Waals surface area contributed by atoms with Crippen LogP contribution in [0, 0.1) is 22.7 Å². The Morgan fingerprint density at radius 3 is 1.44 bits per heavy atom. The molecule has 2 aliphatic rings. The van der Waals surface area contributed by atoms with Gasteiger partial charge in [-0.25, -0.2) is 58.5 Å². The highest BCUT2D eigenvalue weighted by atomic mass is 79.9. The third kappa shape index (κ3) is 15.3. The van der Waals surface area contributed by atoms with Crippen molar-refractivity contribution in [1.29, 1.82) is 10.5 Å². The van der Waals surface area contributed by atoms with E-state index in [2.05, 4.69) is 35.6 Å². The molecule has 2 aliphatic carbocycles. The van der Waals surface area contributed by atoms with E-state index >= 15 is 0 Å². The molecule has 80 heavy (non-hydrogen) atoms. The van der Waals surface area contributed by atoms with Crippen LogP contribution in [-0.2, 0) is 20.0 Å². The zero-order chi connectivity index (χ0) is 58.4. The van der Waals surface area contributed by atoms with E-state index < -0.39 is 85.0 Å². The molecule has 7 N–H and O–H groups in total. The van der Waals surface area contributed by atoms with Gasteiger partial charge in [0.1, 0.15) is 44.9 Å². The van der Waals surface area contributed by atoms with E-state index in [1.165, 1.54) is 26.4 Å². The molecule has 0 bridgehead atoms. The van der Waals surface area contributed by atoms with Crippen LogP contribution >= 0.6 is 62.3 Å². The summed E-state index contributed by atoms with van der Waals surface area (Å²) in [5.74, 6) is -0.687. The molecule has 8 rings (SSSR count). The average Bonchev–Trinajstić information content (AvgIpc) is 3.36. The molecule has 36 heteroatoms. The molecule has 2 heterocycles. The van der Waals surface area contributed by atoms with Gasteiger partial charge >= 0.3 is 11.4 Å². The Hall–Kier alpha value is -6.56. The van der Waals surface area contributed by atoms with Gasteiger partial charge in [-0.1, -0.05) is 62.3 Å². The van der Waals surface area contributed by atoms with Gasteiger partial charge in [-0.2, -0.15) is 25.4 Å². The topological polar surface area (TPSA) is 364 Å². The Morgan fingerprint density at radius 2 is 1.07 bits per heavy atom. The van der Waals surface area contributed by atoms with Gasteiger partial charge in [0.25, 0.3) is 24.0 Å². The number of aromatic amines is 3. The number of aliphatic hydroxyl groups is 2. The fourth-order valence-corrected chi connectivity index (χ4v) is 11.6. The van der Waals surface area contributed by atoms with E-state index in [0.717, 1.165) is 24.3 Å². The van der Waals surface area contributed by atoms with E-state index in [4.69, 9.17) is 65.4 Å². The number of H-pyrrole nitrogens is 3. The van der Waals surface area contributed by atoms with Gasteiger partial charge in [0.2, 0.25) is 20.0 Å². The van der Waals surface area contributed by atoms with Crippen molar-refractivity contribution in [3.63, 3.8) is 0 Å². The Kier molecular flexibility index (Phi) is 21.5. The number of halogens is 9. The number of aromatic nitrogens is 6. The molecule has 0 atom stereocenters. The maximum absolute atomic E-state index is 13.1. The van der Waals surface area contributed by atoms with Crippen molar-refractivity contribution in [1.82, 2.24) is 39.4 Å². The normalized spacial score (nSPS) is 16.5. The second kappa shape index (κ2) is 26.8. The molecule has 4 aromatic carbocycles. The number of benzene rings is 4. The van der Waals surface area contributed by atoms with E-state index in [1.54, 1.807) is 27.2 Å². The lowest BCUT2D eigenvalue weighted by Crippen LogP contribution is -2.46. The van der Waals surface area contributed by atoms with Gasteiger partial charge < -0.3 is 29.2 Å². The molecule has 2 aromatic heterocycles. The molecule has 0 aliphatic heterocycles. The summed E-state index contributed by atoms with van der Waals surface area (Å²) in [7, 11) is -5.68. The number of rotatable bonds is 15. The highest BCUT2D eigenvalue weighted by Gasteiger charge is 2.35. The van der Waals surface area contributed by atoms with Crippen molar-refractivity contribution < 1.29 is 63.6 Å². The second-order valence-corrected chi connectivity index (χ2v) is 22.2. The van der Waals surface area contributed by atoms with Gasteiger partial charge in [-0.3, -0.25) is 19.6 Å². The smallest absolute Gasteiger partial charge is 0.349 e. The number of sulfonamides is 2. The summed E-state index contributed by atoms with van der Waals surface area (Å²) in [6.45, 7) is 0. The number of hydrogen-bond donors (Lipinski definition) is 7. The van der Waals surface area contributed by atoms with Gasteiger partial charge in [0, 0.05) is 49.2 Å². The average molecular weight is 1300 g/mol. The summed E-state index contributed by atoms with van der Waals surface area (Å²) in [5, 5.41) is 45.6. The predicted molar refractivity (Wildman–Crippen MR) is 280 cm³/mol. The van der Waals surface area contributed by atoms with Crippen molar-refractivity contribution in [2.24, 2.45) is 0 Å². The number of alkyl halides is 4. The number of nitrogens with one attached hydrogen (secondary N) is 5. The molecular weight excluding hydrogens is 1270 g/mol. The lowest BCUT2D eigenvalue weighted by Gasteiger charge is -2.31. The fraction of sp³-hybridized carbons (Fsp3) is 0.273. The summed E-state index contributed by atoms with van der Waals surface area (Å²) in [4.78, 5) is 47.2. The van der Waals surface area contributed by atoms with Crippen LogP contribution in [-0.4, -0.2) is 104 Å². The van der Waals surface area contributed by atoms with Crippen LogP contribution < -0.4 is 50.9 Å². The standard InChI is InChI=1S/C22H17Cl2F2N5O7S.C18H15BrCl2N2O5S.C4H3F2N3O2.B/c1-37-16-2-9(8-27)15(7-17(16)39(35,36)30-10-3-12(32)4-10)38-19-13(23)5-11(6-14(19)24)31-22(34)28-21(33)18(29-31)20(25)26;1-27-16-2-9(8-22)15(28-18-13(20)3-10(19)4-14(18)21)7-17(16)29(25,26)23-11-5-12(24)6-11;5-2(6)1-3(10)7-4(11)9-8-1;/h2,5-7,10,12,20,30,32H,3-4H2,1H3,(H,28,33,34);2-4,7,11-12,23-24H,5-6H2,1H3;2H,(H2,7,9,10,11);. The van der Waals surface area contributed by atoms with Crippen LogP contribution in [0.2, 0.25) is 20.1 Å². The van der Waals surface area contributed by atoms with Crippen LogP contribution in [0.15, 0.2) is 82.0 Å². The Morgan fingerprint density at radius 1 is 0.675 bits per heavy atom.